The Kier molecular flexibility index (Phi) is 4.12. The van der Waals surface area contributed by atoms with Gasteiger partial charge >= 0.3 is 0 Å². The summed E-state index contributed by atoms with van der Waals surface area (Å²) in [6.07, 6.45) is 0. The van der Waals surface area contributed by atoms with Crippen LogP contribution in [0.1, 0.15) is 15.9 Å². The summed E-state index contributed by atoms with van der Waals surface area (Å²) in [5.41, 5.74) is 8.89. The fourth-order valence-corrected chi connectivity index (χ4v) is 2.02. The molecule has 0 aliphatic carbocycles. The average molecular weight is 287 g/mol. The van der Waals surface area contributed by atoms with Crippen LogP contribution in [0.4, 0.5) is 21.5 Å². The van der Waals surface area contributed by atoms with Gasteiger partial charge in [-0.1, -0.05) is 0 Å². The average Bonchev–Trinajstić information content (AvgIpc) is 2.39. The zero-order valence-electron chi connectivity index (χ0n) is 12.3. The molecule has 0 bridgehead atoms. The highest BCUT2D eigenvalue weighted by Crippen LogP contribution is 2.26. The first-order chi connectivity index (χ1) is 9.86. The molecule has 0 radical (unpaired) electrons. The van der Waals surface area contributed by atoms with Crippen LogP contribution in [0, 0.1) is 12.7 Å². The first-order valence-corrected chi connectivity index (χ1v) is 6.52. The van der Waals surface area contributed by atoms with Gasteiger partial charge in [-0.15, -0.1) is 0 Å². The lowest BCUT2D eigenvalue weighted by Crippen LogP contribution is -2.21. The summed E-state index contributed by atoms with van der Waals surface area (Å²) < 4.78 is 13.4. The van der Waals surface area contributed by atoms with Crippen molar-refractivity contribution in [2.75, 3.05) is 25.1 Å². The molecular formula is C16H18FN3O. The fourth-order valence-electron chi connectivity index (χ4n) is 2.02. The third-order valence-corrected chi connectivity index (χ3v) is 3.03. The fraction of sp³-hybridized carbons (Fsp3) is 0.188. The maximum Gasteiger partial charge on any atom is 0.253 e. The van der Waals surface area contributed by atoms with E-state index in [4.69, 9.17) is 5.73 Å². The SMILES string of the molecule is Cc1cc(F)cc(Nc2cc(C(=O)N(C)C)ccc2N)c1. The molecule has 4 nitrogen and oxygen atoms in total. The zero-order valence-corrected chi connectivity index (χ0v) is 12.3. The van der Waals surface area contributed by atoms with Gasteiger partial charge in [0.25, 0.3) is 5.91 Å². The molecule has 0 saturated heterocycles. The highest BCUT2D eigenvalue weighted by Gasteiger charge is 2.10. The van der Waals surface area contributed by atoms with Gasteiger partial charge in [0.15, 0.2) is 0 Å². The number of carbonyl (C=O) groups is 1. The molecule has 110 valence electrons. The Bertz CT molecular complexity index is 663. The van der Waals surface area contributed by atoms with Crippen LogP contribution in [0.5, 0.6) is 0 Å². The van der Waals surface area contributed by atoms with Gasteiger partial charge in [-0.05, 0) is 48.9 Å². The summed E-state index contributed by atoms with van der Waals surface area (Å²) in [5, 5.41) is 3.05. The molecule has 2 rings (SSSR count). The Morgan fingerprint density at radius 2 is 1.90 bits per heavy atom. The highest BCUT2D eigenvalue weighted by atomic mass is 19.1. The minimum Gasteiger partial charge on any atom is -0.397 e. The number of hydrogen-bond acceptors (Lipinski definition) is 3. The molecule has 0 aliphatic heterocycles. The molecule has 3 N–H and O–H groups in total. The van der Waals surface area contributed by atoms with Gasteiger partial charge in [0.1, 0.15) is 5.82 Å². The van der Waals surface area contributed by atoms with Crippen molar-refractivity contribution in [1.29, 1.82) is 0 Å². The van der Waals surface area contributed by atoms with E-state index in [1.807, 2.05) is 13.0 Å². The largest absolute Gasteiger partial charge is 0.397 e. The highest BCUT2D eigenvalue weighted by molar-refractivity contribution is 5.96. The van der Waals surface area contributed by atoms with E-state index >= 15 is 0 Å². The van der Waals surface area contributed by atoms with E-state index in [9.17, 15) is 9.18 Å². The smallest absolute Gasteiger partial charge is 0.253 e. The second-order valence-electron chi connectivity index (χ2n) is 5.14. The van der Waals surface area contributed by atoms with Gasteiger partial charge in [-0.25, -0.2) is 4.39 Å². The minimum absolute atomic E-state index is 0.117. The van der Waals surface area contributed by atoms with Gasteiger partial charge < -0.3 is 16.0 Å². The number of halogens is 1. The molecule has 0 saturated carbocycles. The lowest BCUT2D eigenvalue weighted by Gasteiger charge is -2.14. The summed E-state index contributed by atoms with van der Waals surface area (Å²) >= 11 is 0. The van der Waals surface area contributed by atoms with Crippen molar-refractivity contribution in [3.8, 4) is 0 Å². The zero-order chi connectivity index (χ0) is 15.6. The Balaban J connectivity index is 2.35. The van der Waals surface area contributed by atoms with Crippen LogP contribution >= 0.6 is 0 Å². The van der Waals surface area contributed by atoms with Crippen molar-refractivity contribution in [2.24, 2.45) is 0 Å². The van der Waals surface area contributed by atoms with E-state index in [0.29, 0.717) is 22.6 Å². The van der Waals surface area contributed by atoms with Crippen molar-refractivity contribution < 1.29 is 9.18 Å². The van der Waals surface area contributed by atoms with Gasteiger partial charge in [0.05, 0.1) is 11.4 Å². The van der Waals surface area contributed by atoms with E-state index in [1.165, 1.54) is 17.0 Å². The number of amides is 1. The number of nitrogens with one attached hydrogen (secondary N) is 1. The molecule has 0 aromatic heterocycles. The predicted octanol–water partition coefficient (Wildman–Crippen LogP) is 3.16. The number of benzene rings is 2. The molecule has 2 aromatic rings. The van der Waals surface area contributed by atoms with Gasteiger partial charge in [-0.2, -0.15) is 0 Å². The summed E-state index contributed by atoms with van der Waals surface area (Å²) in [6, 6.07) is 9.62. The standard InChI is InChI=1S/C16H18FN3O/c1-10-6-12(17)9-13(7-10)19-15-8-11(4-5-14(15)18)16(21)20(2)3/h4-9,19H,18H2,1-3H3. The second-order valence-corrected chi connectivity index (χ2v) is 5.14. The molecule has 0 spiro atoms. The van der Waals surface area contributed by atoms with E-state index in [1.54, 1.807) is 32.3 Å². The second kappa shape index (κ2) is 5.83. The predicted molar refractivity (Wildman–Crippen MR) is 83.3 cm³/mol. The summed E-state index contributed by atoms with van der Waals surface area (Å²) in [4.78, 5) is 13.5. The van der Waals surface area contributed by atoms with Crippen LogP contribution in [0.3, 0.4) is 0 Å². The molecule has 5 heteroatoms. The molecule has 0 unspecified atom stereocenters. The lowest BCUT2D eigenvalue weighted by atomic mass is 10.1. The number of nitrogens with zero attached hydrogens (tertiary/aromatic N) is 1. The lowest BCUT2D eigenvalue weighted by molar-refractivity contribution is 0.0827. The van der Waals surface area contributed by atoms with Crippen LogP contribution in [0.2, 0.25) is 0 Å². The Labute approximate surface area is 123 Å². The van der Waals surface area contributed by atoms with Gasteiger partial charge in [0, 0.05) is 25.3 Å². The van der Waals surface area contributed by atoms with Crippen LogP contribution in [-0.2, 0) is 0 Å². The van der Waals surface area contributed by atoms with Crippen molar-refractivity contribution in [1.82, 2.24) is 4.90 Å². The Morgan fingerprint density at radius 1 is 1.19 bits per heavy atom. The number of rotatable bonds is 3. The third-order valence-electron chi connectivity index (χ3n) is 3.03. The summed E-state index contributed by atoms with van der Waals surface area (Å²) in [6.45, 7) is 1.81. The normalized spacial score (nSPS) is 10.3. The number of nitrogen functional groups attached to an aromatic ring is 1. The van der Waals surface area contributed by atoms with Crippen LogP contribution < -0.4 is 11.1 Å². The van der Waals surface area contributed by atoms with E-state index in [2.05, 4.69) is 5.32 Å². The van der Waals surface area contributed by atoms with E-state index < -0.39 is 0 Å². The van der Waals surface area contributed by atoms with E-state index in [-0.39, 0.29) is 11.7 Å². The number of carbonyl (C=O) groups excluding carboxylic acids is 1. The monoisotopic (exact) mass is 287 g/mol. The number of hydrogen-bond donors (Lipinski definition) is 2. The number of anilines is 3. The van der Waals surface area contributed by atoms with Crippen molar-refractivity contribution in [2.45, 2.75) is 6.92 Å². The molecule has 0 atom stereocenters. The van der Waals surface area contributed by atoms with Crippen molar-refractivity contribution in [3.63, 3.8) is 0 Å². The van der Waals surface area contributed by atoms with Crippen molar-refractivity contribution >= 4 is 23.0 Å². The molecule has 0 aliphatic rings. The molecule has 0 fully saturated rings. The topological polar surface area (TPSA) is 58.4 Å². The first kappa shape index (κ1) is 14.8. The molecular weight excluding hydrogens is 269 g/mol. The maximum absolute atomic E-state index is 13.4. The Hall–Kier alpha value is -2.56. The summed E-state index contributed by atoms with van der Waals surface area (Å²) in [5.74, 6) is -0.440. The van der Waals surface area contributed by atoms with Gasteiger partial charge in [-0.3, -0.25) is 4.79 Å². The van der Waals surface area contributed by atoms with Gasteiger partial charge in [0.2, 0.25) is 0 Å². The third kappa shape index (κ3) is 3.51. The number of nitrogens with two attached hydrogens (primary N) is 1. The summed E-state index contributed by atoms with van der Waals surface area (Å²) in [7, 11) is 3.36. The molecule has 21 heavy (non-hydrogen) atoms. The maximum atomic E-state index is 13.4. The van der Waals surface area contributed by atoms with Crippen molar-refractivity contribution in [3.05, 3.63) is 53.3 Å². The Morgan fingerprint density at radius 3 is 2.52 bits per heavy atom. The van der Waals surface area contributed by atoms with Crippen LogP contribution in [-0.4, -0.2) is 24.9 Å². The van der Waals surface area contributed by atoms with E-state index in [0.717, 1.165) is 5.56 Å². The number of aryl methyl sites for hydroxylation is 1. The first-order valence-electron chi connectivity index (χ1n) is 6.52. The molecule has 0 heterocycles. The minimum atomic E-state index is -0.323. The molecule has 1 amide bonds. The van der Waals surface area contributed by atoms with Crippen LogP contribution in [0.25, 0.3) is 0 Å². The molecule has 2 aromatic carbocycles. The quantitative estimate of drug-likeness (QED) is 0.853. The van der Waals surface area contributed by atoms with Crippen LogP contribution in [0.15, 0.2) is 36.4 Å².